The maximum Gasteiger partial charge on any atom is 0.335 e. The Morgan fingerprint density at radius 2 is 1.15 bits per heavy atom. The number of hydrogen-bond acceptors (Lipinski definition) is 4. The van der Waals surface area contributed by atoms with Crippen molar-refractivity contribution in [1.29, 1.82) is 0 Å². The van der Waals surface area contributed by atoms with Crippen molar-refractivity contribution >= 4 is 11.9 Å². The molecule has 0 heterocycles. The molecule has 0 saturated carbocycles. The molecular formula is C20H26O6. The zero-order valence-corrected chi connectivity index (χ0v) is 14.8. The summed E-state index contributed by atoms with van der Waals surface area (Å²) < 4.78 is 0. The largest absolute Gasteiger partial charge is 0.478 e. The van der Waals surface area contributed by atoms with Crippen molar-refractivity contribution in [2.24, 2.45) is 0 Å². The average Bonchev–Trinajstić information content (AvgIpc) is 2.64. The minimum Gasteiger partial charge on any atom is -0.478 e. The van der Waals surface area contributed by atoms with Crippen molar-refractivity contribution in [2.45, 2.75) is 38.9 Å². The maximum atomic E-state index is 10.2. The summed E-state index contributed by atoms with van der Waals surface area (Å²) in [6, 6.07) is 16.6. The molecule has 0 atom stereocenters. The summed E-state index contributed by atoms with van der Waals surface area (Å²) >= 11 is 0. The molecule has 2 aromatic rings. The molecule has 0 aliphatic rings. The first-order valence-corrected chi connectivity index (χ1v) is 8.31. The van der Waals surface area contributed by atoms with Crippen molar-refractivity contribution in [2.75, 3.05) is 0 Å². The van der Waals surface area contributed by atoms with Gasteiger partial charge in [-0.25, -0.2) is 9.59 Å². The number of aromatic carboxylic acids is 2. The van der Waals surface area contributed by atoms with Gasteiger partial charge in [-0.05, 0) is 37.1 Å². The second-order valence-corrected chi connectivity index (χ2v) is 5.32. The summed E-state index contributed by atoms with van der Waals surface area (Å²) in [5.41, 5.74) is 0.662. The van der Waals surface area contributed by atoms with Crippen molar-refractivity contribution < 1.29 is 30.0 Å². The van der Waals surface area contributed by atoms with Gasteiger partial charge in [0.15, 0.2) is 6.29 Å². The van der Waals surface area contributed by atoms with Crippen LogP contribution in [0.3, 0.4) is 0 Å². The van der Waals surface area contributed by atoms with Gasteiger partial charge in [0.1, 0.15) is 0 Å². The minimum absolute atomic E-state index is 0.331. The van der Waals surface area contributed by atoms with E-state index in [1.165, 1.54) is 0 Å². The van der Waals surface area contributed by atoms with Gasteiger partial charge < -0.3 is 20.4 Å². The van der Waals surface area contributed by atoms with Crippen LogP contribution in [0.1, 0.15) is 53.3 Å². The highest BCUT2D eigenvalue weighted by Gasteiger charge is 1.97. The van der Waals surface area contributed by atoms with Crippen LogP contribution in [0.2, 0.25) is 0 Å². The minimum atomic E-state index is -1.10. The highest BCUT2D eigenvalue weighted by Crippen LogP contribution is 2.00. The molecule has 6 heteroatoms. The molecule has 0 aliphatic carbocycles. The smallest absolute Gasteiger partial charge is 0.335 e. The molecule has 0 aliphatic heterocycles. The van der Waals surface area contributed by atoms with Crippen molar-refractivity contribution in [1.82, 2.24) is 0 Å². The molecule has 0 aromatic heterocycles. The van der Waals surface area contributed by atoms with E-state index in [1.807, 2.05) is 0 Å². The lowest BCUT2D eigenvalue weighted by atomic mass is 10.2. The third kappa shape index (κ3) is 12.7. The van der Waals surface area contributed by atoms with Crippen LogP contribution < -0.4 is 0 Å². The van der Waals surface area contributed by atoms with Gasteiger partial charge in [-0.15, -0.1) is 0 Å². The molecule has 2 aromatic carbocycles. The summed E-state index contributed by atoms with van der Waals surface area (Å²) in [5.74, 6) is -1.76. The molecule has 26 heavy (non-hydrogen) atoms. The number of benzene rings is 2. The fourth-order valence-corrected chi connectivity index (χ4v) is 1.74. The van der Waals surface area contributed by atoms with Crippen LogP contribution >= 0.6 is 0 Å². The number of aliphatic hydroxyl groups is 2. The predicted molar refractivity (Wildman–Crippen MR) is 99.2 cm³/mol. The Balaban J connectivity index is 0.000000362. The fraction of sp³-hybridized carbons (Fsp3) is 0.300. The van der Waals surface area contributed by atoms with Crippen LogP contribution in [-0.2, 0) is 0 Å². The van der Waals surface area contributed by atoms with Gasteiger partial charge in [0.05, 0.1) is 11.1 Å². The molecule has 0 fully saturated rings. The average molecular weight is 362 g/mol. The van der Waals surface area contributed by atoms with E-state index in [2.05, 4.69) is 6.92 Å². The van der Waals surface area contributed by atoms with Gasteiger partial charge in [0.2, 0.25) is 0 Å². The summed E-state index contributed by atoms with van der Waals surface area (Å²) in [6.45, 7) is 2.09. The molecule has 0 amide bonds. The summed E-state index contributed by atoms with van der Waals surface area (Å²) in [5, 5.41) is 33.4. The van der Waals surface area contributed by atoms with Crippen LogP contribution in [0.15, 0.2) is 60.7 Å². The Morgan fingerprint density at radius 1 is 0.769 bits per heavy atom. The first-order chi connectivity index (χ1) is 12.4. The van der Waals surface area contributed by atoms with Crippen LogP contribution in [0.5, 0.6) is 0 Å². The molecule has 0 saturated heterocycles. The van der Waals surface area contributed by atoms with Crippen LogP contribution in [-0.4, -0.2) is 38.7 Å². The Labute approximate surface area is 153 Å². The number of aliphatic hydroxyl groups excluding tert-OH is 1. The van der Waals surface area contributed by atoms with Crippen LogP contribution in [0.25, 0.3) is 0 Å². The highest BCUT2D eigenvalue weighted by molar-refractivity contribution is 5.87. The zero-order valence-electron chi connectivity index (χ0n) is 14.8. The van der Waals surface area contributed by atoms with Gasteiger partial charge in [0.25, 0.3) is 0 Å². The van der Waals surface area contributed by atoms with E-state index in [9.17, 15) is 9.59 Å². The summed E-state index contributed by atoms with van der Waals surface area (Å²) in [7, 11) is 0. The number of unbranched alkanes of at least 4 members (excludes halogenated alkanes) is 2. The Morgan fingerprint density at radius 3 is 1.38 bits per heavy atom. The third-order valence-corrected chi connectivity index (χ3v) is 3.11. The SMILES string of the molecule is CCCCCC(O)O.O=C(O)c1ccccc1.O=C(O)c1ccccc1. The van der Waals surface area contributed by atoms with E-state index in [1.54, 1.807) is 60.7 Å². The molecule has 0 spiro atoms. The Kier molecular flexibility index (Phi) is 13.1. The number of carboxylic acid groups (broad SMARTS) is 2. The molecule has 0 bridgehead atoms. The van der Waals surface area contributed by atoms with Gasteiger partial charge in [-0.3, -0.25) is 0 Å². The van der Waals surface area contributed by atoms with Crippen LogP contribution in [0, 0.1) is 0 Å². The molecule has 0 unspecified atom stereocenters. The van der Waals surface area contributed by atoms with E-state index in [4.69, 9.17) is 20.4 Å². The normalized spacial score (nSPS) is 9.38. The van der Waals surface area contributed by atoms with Gasteiger partial charge in [0, 0.05) is 0 Å². The molecular weight excluding hydrogens is 336 g/mol. The lowest BCUT2D eigenvalue weighted by molar-refractivity contribution is -0.0465. The molecule has 4 N–H and O–H groups in total. The second-order valence-electron chi connectivity index (χ2n) is 5.32. The van der Waals surface area contributed by atoms with E-state index in [-0.39, 0.29) is 0 Å². The van der Waals surface area contributed by atoms with E-state index in [0.717, 1.165) is 19.3 Å². The quantitative estimate of drug-likeness (QED) is 0.461. The molecule has 142 valence electrons. The number of carboxylic acids is 2. The number of rotatable bonds is 6. The van der Waals surface area contributed by atoms with E-state index < -0.39 is 18.2 Å². The third-order valence-electron chi connectivity index (χ3n) is 3.11. The topological polar surface area (TPSA) is 115 Å². The van der Waals surface area contributed by atoms with Gasteiger partial charge in [-0.1, -0.05) is 56.2 Å². The lowest BCUT2D eigenvalue weighted by Crippen LogP contribution is -2.02. The molecule has 0 radical (unpaired) electrons. The van der Waals surface area contributed by atoms with E-state index >= 15 is 0 Å². The first-order valence-electron chi connectivity index (χ1n) is 8.31. The molecule has 6 nitrogen and oxygen atoms in total. The maximum absolute atomic E-state index is 10.2. The highest BCUT2D eigenvalue weighted by atomic mass is 16.5. The van der Waals surface area contributed by atoms with Gasteiger partial charge in [-0.2, -0.15) is 0 Å². The summed E-state index contributed by atoms with van der Waals surface area (Å²) in [6.07, 6.45) is 2.58. The van der Waals surface area contributed by atoms with E-state index in [0.29, 0.717) is 17.5 Å². The standard InChI is InChI=1S/2C7H6O2.C6H14O2/c2*8-7(9)6-4-2-1-3-5-6;1-2-3-4-5-6(7)8/h2*1-5H,(H,8,9);6-8H,2-5H2,1H3. The van der Waals surface area contributed by atoms with Crippen molar-refractivity contribution in [3.8, 4) is 0 Å². The second kappa shape index (κ2) is 14.6. The Hall–Kier alpha value is -2.70. The number of hydrogen-bond donors (Lipinski definition) is 4. The monoisotopic (exact) mass is 362 g/mol. The van der Waals surface area contributed by atoms with Gasteiger partial charge >= 0.3 is 11.9 Å². The number of carbonyl (C=O) groups is 2. The summed E-state index contributed by atoms with van der Waals surface area (Å²) in [4.78, 5) is 20.4. The van der Waals surface area contributed by atoms with Crippen molar-refractivity contribution in [3.05, 3.63) is 71.8 Å². The fourth-order valence-electron chi connectivity index (χ4n) is 1.74. The van der Waals surface area contributed by atoms with Crippen molar-refractivity contribution in [3.63, 3.8) is 0 Å². The first kappa shape index (κ1) is 23.3. The zero-order chi connectivity index (χ0) is 19.8. The predicted octanol–water partition coefficient (Wildman–Crippen LogP) is 3.65. The lowest BCUT2D eigenvalue weighted by Gasteiger charge is -1.99. The molecule has 2 rings (SSSR count). The Bertz CT molecular complexity index is 561. The van der Waals surface area contributed by atoms with Crippen LogP contribution in [0.4, 0.5) is 0 Å².